The number of methoxy groups -OCH3 is 1. The van der Waals surface area contributed by atoms with Gasteiger partial charge in [0.1, 0.15) is 11.5 Å². The summed E-state index contributed by atoms with van der Waals surface area (Å²) in [5.41, 5.74) is 2.28. The molecule has 1 rings (SSSR count). The zero-order valence-electron chi connectivity index (χ0n) is 24.4. The molecule has 12 heteroatoms. The number of ketones is 2. The first kappa shape index (κ1) is 35.7. The van der Waals surface area contributed by atoms with Gasteiger partial charge in [0.05, 0.1) is 25.9 Å². The van der Waals surface area contributed by atoms with Crippen LogP contribution in [0.5, 0.6) is 5.75 Å². The SMILES string of the molecule is COCCOCCNC(=O)C(CCC(=O)NO)CC(=O)[C@@H](CC(C)C)NC(=O)[C@@H](CC(C)=O)Cc1ccc(O)cc1. The van der Waals surface area contributed by atoms with Crippen LogP contribution in [0.1, 0.15) is 58.4 Å². The van der Waals surface area contributed by atoms with E-state index in [4.69, 9.17) is 14.7 Å². The average molecular weight is 580 g/mol. The third-order valence-corrected chi connectivity index (χ3v) is 6.38. The van der Waals surface area contributed by atoms with Gasteiger partial charge >= 0.3 is 0 Å². The number of hydrogen-bond donors (Lipinski definition) is 5. The number of ether oxygens (including phenoxy) is 2. The third kappa shape index (κ3) is 15.3. The summed E-state index contributed by atoms with van der Waals surface area (Å²) >= 11 is 0. The molecule has 0 aromatic heterocycles. The van der Waals surface area contributed by atoms with Gasteiger partial charge in [0.25, 0.3) is 0 Å². The second-order valence-corrected chi connectivity index (χ2v) is 10.5. The van der Waals surface area contributed by atoms with Gasteiger partial charge in [-0.3, -0.25) is 24.4 Å². The summed E-state index contributed by atoms with van der Waals surface area (Å²) in [5.74, 6) is -3.65. The molecule has 230 valence electrons. The largest absolute Gasteiger partial charge is 0.508 e. The van der Waals surface area contributed by atoms with Gasteiger partial charge in [0, 0.05) is 44.8 Å². The number of amides is 3. The first-order chi connectivity index (χ1) is 19.5. The van der Waals surface area contributed by atoms with Crippen molar-refractivity contribution in [2.24, 2.45) is 17.8 Å². The van der Waals surface area contributed by atoms with Crippen molar-refractivity contribution in [3.8, 4) is 5.75 Å². The minimum absolute atomic E-state index is 0.00462. The smallest absolute Gasteiger partial charge is 0.243 e. The van der Waals surface area contributed by atoms with E-state index in [0.29, 0.717) is 19.6 Å². The van der Waals surface area contributed by atoms with Crippen LogP contribution in [-0.4, -0.2) is 79.1 Å². The van der Waals surface area contributed by atoms with Crippen molar-refractivity contribution in [2.75, 3.05) is 33.5 Å². The van der Waals surface area contributed by atoms with Crippen LogP contribution >= 0.6 is 0 Å². The number of phenols is 1. The van der Waals surface area contributed by atoms with E-state index in [9.17, 15) is 29.1 Å². The summed E-state index contributed by atoms with van der Waals surface area (Å²) in [4.78, 5) is 63.3. The van der Waals surface area contributed by atoms with Crippen molar-refractivity contribution in [1.29, 1.82) is 0 Å². The maximum Gasteiger partial charge on any atom is 0.243 e. The highest BCUT2D eigenvalue weighted by Gasteiger charge is 2.31. The maximum atomic E-state index is 13.5. The minimum Gasteiger partial charge on any atom is -0.508 e. The number of carbonyl (C=O) groups excluding carboxylic acids is 5. The van der Waals surface area contributed by atoms with Crippen molar-refractivity contribution in [1.82, 2.24) is 16.1 Å². The number of rotatable bonds is 21. The monoisotopic (exact) mass is 579 g/mol. The van der Waals surface area contributed by atoms with Crippen molar-refractivity contribution >= 4 is 29.3 Å². The molecule has 41 heavy (non-hydrogen) atoms. The zero-order valence-corrected chi connectivity index (χ0v) is 24.4. The lowest BCUT2D eigenvalue weighted by molar-refractivity contribution is -0.134. The molecular formula is C29H45N3O9. The van der Waals surface area contributed by atoms with Crippen LogP contribution in [0.4, 0.5) is 0 Å². The van der Waals surface area contributed by atoms with E-state index in [-0.39, 0.29) is 68.5 Å². The maximum absolute atomic E-state index is 13.5. The number of phenolic OH excluding ortho intramolecular Hbond substituents is 1. The number of hydroxylamine groups is 1. The predicted octanol–water partition coefficient (Wildman–Crippen LogP) is 1.70. The fraction of sp³-hybridized carbons (Fsp3) is 0.621. The van der Waals surface area contributed by atoms with Crippen molar-refractivity contribution < 1.29 is 43.8 Å². The normalized spacial score (nSPS) is 13.2. The molecule has 0 fully saturated rings. The predicted molar refractivity (Wildman–Crippen MR) is 150 cm³/mol. The highest BCUT2D eigenvalue weighted by molar-refractivity contribution is 5.94. The standard InChI is InChI=1S/C29H45N3O9/c1-19(2)15-25(31-29(38)23(16-20(3)33)17-21-5-8-24(34)9-6-21)26(35)18-22(7-10-27(36)32-39)28(37)30-11-12-41-14-13-40-4/h5-6,8-9,19,22-23,25,34,39H,7,10-18H2,1-4H3,(H,30,37)(H,31,38)(H,32,36)/t22?,23-,25+/m0/s1. The number of Topliss-reactive ketones (excluding diaryl/α,β-unsaturated/α-hetero) is 2. The van der Waals surface area contributed by atoms with Gasteiger partial charge in [-0.15, -0.1) is 0 Å². The van der Waals surface area contributed by atoms with Gasteiger partial charge in [0.15, 0.2) is 5.78 Å². The van der Waals surface area contributed by atoms with Gasteiger partial charge in [-0.1, -0.05) is 26.0 Å². The number of nitrogens with one attached hydrogen (secondary N) is 3. The fourth-order valence-corrected chi connectivity index (χ4v) is 4.26. The average Bonchev–Trinajstić information content (AvgIpc) is 2.92. The molecule has 3 atom stereocenters. The van der Waals surface area contributed by atoms with Gasteiger partial charge in [-0.25, -0.2) is 5.48 Å². The fourth-order valence-electron chi connectivity index (χ4n) is 4.26. The van der Waals surface area contributed by atoms with E-state index in [1.54, 1.807) is 19.2 Å². The topological polar surface area (TPSA) is 180 Å². The van der Waals surface area contributed by atoms with E-state index in [1.807, 2.05) is 13.8 Å². The minimum atomic E-state index is -0.906. The number of aromatic hydroxyl groups is 1. The van der Waals surface area contributed by atoms with Gasteiger partial charge in [-0.05, 0) is 49.8 Å². The van der Waals surface area contributed by atoms with Crippen LogP contribution in [0.3, 0.4) is 0 Å². The zero-order chi connectivity index (χ0) is 30.8. The quantitative estimate of drug-likeness (QED) is 0.0823. The van der Waals surface area contributed by atoms with E-state index in [2.05, 4.69) is 10.6 Å². The first-order valence-corrected chi connectivity index (χ1v) is 13.8. The van der Waals surface area contributed by atoms with Crippen LogP contribution in [0.25, 0.3) is 0 Å². The molecule has 0 spiro atoms. The summed E-state index contributed by atoms with van der Waals surface area (Å²) in [7, 11) is 1.55. The molecule has 0 aliphatic heterocycles. The Balaban J connectivity index is 2.99. The molecule has 0 bridgehead atoms. The highest BCUT2D eigenvalue weighted by Crippen LogP contribution is 2.20. The Morgan fingerprint density at radius 1 is 0.927 bits per heavy atom. The van der Waals surface area contributed by atoms with Crippen LogP contribution in [0.2, 0.25) is 0 Å². The van der Waals surface area contributed by atoms with E-state index >= 15 is 0 Å². The summed E-state index contributed by atoms with van der Waals surface area (Å²) in [6.45, 7) is 6.38. The van der Waals surface area contributed by atoms with Crippen LogP contribution < -0.4 is 16.1 Å². The molecular weight excluding hydrogens is 534 g/mol. The van der Waals surface area contributed by atoms with Crippen molar-refractivity contribution in [3.63, 3.8) is 0 Å². The first-order valence-electron chi connectivity index (χ1n) is 13.8. The molecule has 0 aliphatic carbocycles. The lowest BCUT2D eigenvalue weighted by atomic mass is 9.89. The Morgan fingerprint density at radius 3 is 2.20 bits per heavy atom. The van der Waals surface area contributed by atoms with Crippen LogP contribution in [0, 0.1) is 17.8 Å². The molecule has 5 N–H and O–H groups in total. The molecule has 0 saturated heterocycles. The van der Waals surface area contributed by atoms with E-state index in [1.165, 1.54) is 24.5 Å². The molecule has 0 aliphatic rings. The Morgan fingerprint density at radius 2 is 1.61 bits per heavy atom. The summed E-state index contributed by atoms with van der Waals surface area (Å²) in [6.07, 6.45) is 0.119. The molecule has 12 nitrogen and oxygen atoms in total. The Hall–Kier alpha value is -3.35. The van der Waals surface area contributed by atoms with Gasteiger partial charge in [-0.2, -0.15) is 0 Å². The Labute approximate surface area is 241 Å². The lowest BCUT2D eigenvalue weighted by Gasteiger charge is -2.25. The number of hydrogen-bond acceptors (Lipinski definition) is 9. The Kier molecular flexibility index (Phi) is 17.1. The third-order valence-electron chi connectivity index (χ3n) is 6.38. The molecule has 1 aromatic rings. The number of benzene rings is 1. The summed E-state index contributed by atoms with van der Waals surface area (Å²) in [5, 5.41) is 23.9. The van der Waals surface area contributed by atoms with Gasteiger partial charge < -0.3 is 30.0 Å². The van der Waals surface area contributed by atoms with Crippen LogP contribution in [0.15, 0.2) is 24.3 Å². The van der Waals surface area contributed by atoms with Crippen molar-refractivity contribution in [3.05, 3.63) is 29.8 Å². The second kappa shape index (κ2) is 19.7. The molecule has 0 heterocycles. The molecule has 1 aromatic carbocycles. The molecule has 1 unspecified atom stereocenters. The van der Waals surface area contributed by atoms with Crippen LogP contribution in [-0.2, 0) is 39.9 Å². The summed E-state index contributed by atoms with van der Waals surface area (Å²) in [6, 6.07) is 5.42. The van der Waals surface area contributed by atoms with Gasteiger partial charge in [0.2, 0.25) is 17.7 Å². The number of carbonyl (C=O) groups is 5. The van der Waals surface area contributed by atoms with Crippen molar-refractivity contribution in [2.45, 2.75) is 65.3 Å². The van der Waals surface area contributed by atoms with E-state index in [0.717, 1.165) is 5.56 Å². The van der Waals surface area contributed by atoms with E-state index < -0.39 is 35.6 Å². The lowest BCUT2D eigenvalue weighted by Crippen LogP contribution is -2.46. The second-order valence-electron chi connectivity index (χ2n) is 10.5. The Bertz CT molecular complexity index is 982. The molecule has 0 saturated carbocycles. The molecule has 3 amide bonds. The summed E-state index contributed by atoms with van der Waals surface area (Å²) < 4.78 is 10.2. The highest BCUT2D eigenvalue weighted by atomic mass is 16.5. The molecule has 0 radical (unpaired) electrons.